The summed E-state index contributed by atoms with van der Waals surface area (Å²) < 4.78 is 5.40. The maximum Gasteiger partial charge on any atom is 0.339 e. The molecule has 17 heavy (non-hydrogen) atoms. The third-order valence-electron chi connectivity index (χ3n) is 2.10. The Morgan fingerprint density at radius 2 is 2.18 bits per heavy atom. The Bertz CT molecular complexity index is 591. The Balaban J connectivity index is 2.52. The molecule has 0 aliphatic carbocycles. The van der Waals surface area contributed by atoms with Crippen molar-refractivity contribution in [1.82, 2.24) is 4.98 Å². The molecule has 88 valence electrons. The summed E-state index contributed by atoms with van der Waals surface area (Å²) in [5.41, 5.74) is 1.13. The molecule has 1 aromatic carbocycles. The predicted octanol–water partition coefficient (Wildman–Crippen LogP) is 2.04. The highest BCUT2D eigenvalue weighted by Gasteiger charge is 2.14. The predicted molar refractivity (Wildman–Crippen MR) is 65.3 cm³/mol. The number of nitrogens with zero attached hydrogens (tertiary/aromatic N) is 1. The van der Waals surface area contributed by atoms with Gasteiger partial charge in [-0.2, -0.15) is 0 Å². The number of anilines is 1. The molecule has 0 aliphatic rings. The summed E-state index contributed by atoms with van der Waals surface area (Å²) in [6.07, 6.45) is 0. The van der Waals surface area contributed by atoms with Crippen molar-refractivity contribution in [3.05, 3.63) is 23.8 Å². The Morgan fingerprint density at radius 3 is 2.82 bits per heavy atom. The first-order valence-electron chi connectivity index (χ1n) is 4.87. The number of hydrogen-bond acceptors (Lipinski definition) is 5. The van der Waals surface area contributed by atoms with Gasteiger partial charge >= 0.3 is 5.97 Å². The van der Waals surface area contributed by atoms with Gasteiger partial charge < -0.3 is 10.1 Å². The van der Waals surface area contributed by atoms with Crippen LogP contribution in [0.15, 0.2) is 18.2 Å². The van der Waals surface area contributed by atoms with E-state index in [1.165, 1.54) is 25.4 Å². The van der Waals surface area contributed by atoms with E-state index in [9.17, 15) is 9.59 Å². The topological polar surface area (TPSA) is 68.3 Å². The standard InChI is InChI=1S/C11H10N2O3S/c1-6(14)12-11-13-8-5-3-4-7(9(8)17-11)10(15)16-2/h3-5H,1-2H3,(H,12,13,14). The smallest absolute Gasteiger partial charge is 0.339 e. The van der Waals surface area contributed by atoms with E-state index < -0.39 is 5.97 Å². The number of thiazole rings is 1. The van der Waals surface area contributed by atoms with Crippen LogP contribution in [0.1, 0.15) is 17.3 Å². The second kappa shape index (κ2) is 4.50. The first-order valence-corrected chi connectivity index (χ1v) is 5.69. The van der Waals surface area contributed by atoms with Crippen molar-refractivity contribution >= 4 is 38.6 Å². The Labute approximate surface area is 101 Å². The molecule has 0 radical (unpaired) electrons. The summed E-state index contributed by atoms with van der Waals surface area (Å²) in [7, 11) is 1.33. The first-order chi connectivity index (χ1) is 8.11. The van der Waals surface area contributed by atoms with Crippen LogP contribution in [0, 0.1) is 0 Å². The first kappa shape index (κ1) is 11.5. The van der Waals surface area contributed by atoms with Gasteiger partial charge in [0.25, 0.3) is 0 Å². The molecule has 1 N–H and O–H groups in total. The molecule has 0 spiro atoms. The molecule has 5 nitrogen and oxygen atoms in total. The number of hydrogen-bond donors (Lipinski definition) is 1. The third-order valence-corrected chi connectivity index (χ3v) is 3.12. The zero-order valence-electron chi connectivity index (χ0n) is 9.31. The maximum atomic E-state index is 11.5. The minimum Gasteiger partial charge on any atom is -0.465 e. The molecule has 0 saturated carbocycles. The summed E-state index contributed by atoms with van der Waals surface area (Å²) in [6, 6.07) is 5.18. The number of benzene rings is 1. The zero-order valence-corrected chi connectivity index (χ0v) is 10.1. The monoisotopic (exact) mass is 250 g/mol. The number of amides is 1. The lowest BCUT2D eigenvalue weighted by molar-refractivity contribution is -0.114. The average Bonchev–Trinajstić information content (AvgIpc) is 2.68. The summed E-state index contributed by atoms with van der Waals surface area (Å²) in [5, 5.41) is 3.07. The van der Waals surface area contributed by atoms with Crippen LogP contribution < -0.4 is 5.32 Å². The number of aromatic nitrogens is 1. The van der Waals surface area contributed by atoms with Crippen molar-refractivity contribution < 1.29 is 14.3 Å². The van der Waals surface area contributed by atoms with Crippen LogP contribution in [0.25, 0.3) is 10.2 Å². The molecule has 0 bridgehead atoms. The Kier molecular flexibility index (Phi) is 3.06. The molecule has 0 aliphatic heterocycles. The SMILES string of the molecule is COC(=O)c1cccc2nc(NC(C)=O)sc12. The third kappa shape index (κ3) is 2.26. The highest BCUT2D eigenvalue weighted by molar-refractivity contribution is 7.22. The van der Waals surface area contributed by atoms with Crippen molar-refractivity contribution in [3.63, 3.8) is 0 Å². The Hall–Kier alpha value is -1.95. The van der Waals surface area contributed by atoms with E-state index in [4.69, 9.17) is 0 Å². The fraction of sp³-hybridized carbons (Fsp3) is 0.182. The summed E-state index contributed by atoms with van der Waals surface area (Å²) >= 11 is 1.25. The molecule has 0 fully saturated rings. The highest BCUT2D eigenvalue weighted by Crippen LogP contribution is 2.29. The quantitative estimate of drug-likeness (QED) is 0.828. The number of carbonyl (C=O) groups is 2. The summed E-state index contributed by atoms with van der Waals surface area (Å²) in [5.74, 6) is -0.600. The molecule has 1 heterocycles. The lowest BCUT2D eigenvalue weighted by Gasteiger charge is -1.98. The summed E-state index contributed by atoms with van der Waals surface area (Å²) in [6.45, 7) is 1.41. The van der Waals surface area contributed by atoms with Gasteiger partial charge in [-0.25, -0.2) is 9.78 Å². The number of ether oxygens (including phenoxy) is 1. The van der Waals surface area contributed by atoms with Crippen LogP contribution in [0.3, 0.4) is 0 Å². The van der Waals surface area contributed by atoms with E-state index in [0.29, 0.717) is 20.9 Å². The molecule has 0 saturated heterocycles. The molecule has 1 aromatic heterocycles. The number of rotatable bonds is 2. The summed E-state index contributed by atoms with van der Waals surface area (Å²) in [4.78, 5) is 26.7. The van der Waals surface area contributed by atoms with Crippen molar-refractivity contribution in [2.75, 3.05) is 12.4 Å². The normalized spacial score (nSPS) is 10.2. The van der Waals surface area contributed by atoms with E-state index in [0.717, 1.165) is 0 Å². The number of carbonyl (C=O) groups excluding carboxylic acids is 2. The van der Waals surface area contributed by atoms with E-state index in [2.05, 4.69) is 15.0 Å². The molecular formula is C11H10N2O3S. The fourth-order valence-electron chi connectivity index (χ4n) is 1.42. The molecule has 2 rings (SSSR count). The van der Waals surface area contributed by atoms with Gasteiger partial charge in [0, 0.05) is 6.92 Å². The van der Waals surface area contributed by atoms with Gasteiger partial charge in [0.2, 0.25) is 5.91 Å². The van der Waals surface area contributed by atoms with Crippen LogP contribution in [0.2, 0.25) is 0 Å². The number of nitrogens with one attached hydrogen (secondary N) is 1. The fourth-order valence-corrected chi connectivity index (χ4v) is 2.44. The van der Waals surface area contributed by atoms with Crippen LogP contribution in [0.4, 0.5) is 5.13 Å². The maximum absolute atomic E-state index is 11.5. The van der Waals surface area contributed by atoms with Crippen LogP contribution in [-0.2, 0) is 9.53 Å². The zero-order chi connectivity index (χ0) is 12.4. The lowest BCUT2D eigenvalue weighted by Crippen LogP contribution is -2.04. The lowest BCUT2D eigenvalue weighted by atomic mass is 10.2. The van der Waals surface area contributed by atoms with Gasteiger partial charge in [0.1, 0.15) is 0 Å². The minimum atomic E-state index is -0.409. The highest BCUT2D eigenvalue weighted by atomic mass is 32.1. The van der Waals surface area contributed by atoms with E-state index in [1.807, 2.05) is 0 Å². The van der Waals surface area contributed by atoms with Gasteiger partial charge in [-0.05, 0) is 12.1 Å². The van der Waals surface area contributed by atoms with E-state index >= 15 is 0 Å². The number of methoxy groups -OCH3 is 1. The second-order valence-corrected chi connectivity index (χ2v) is 4.34. The molecule has 0 unspecified atom stereocenters. The van der Waals surface area contributed by atoms with Gasteiger partial charge in [-0.1, -0.05) is 17.4 Å². The van der Waals surface area contributed by atoms with Gasteiger partial charge in [-0.3, -0.25) is 4.79 Å². The van der Waals surface area contributed by atoms with Crippen molar-refractivity contribution in [2.45, 2.75) is 6.92 Å². The van der Waals surface area contributed by atoms with Crippen LogP contribution in [0.5, 0.6) is 0 Å². The van der Waals surface area contributed by atoms with Gasteiger partial charge in [0.05, 0.1) is 22.9 Å². The van der Waals surface area contributed by atoms with Crippen molar-refractivity contribution in [1.29, 1.82) is 0 Å². The van der Waals surface area contributed by atoms with Gasteiger partial charge in [0.15, 0.2) is 5.13 Å². The average molecular weight is 250 g/mol. The molecule has 1 amide bonds. The molecule has 0 atom stereocenters. The van der Waals surface area contributed by atoms with Crippen molar-refractivity contribution in [3.8, 4) is 0 Å². The number of fused-ring (bicyclic) bond motifs is 1. The largest absolute Gasteiger partial charge is 0.465 e. The van der Waals surface area contributed by atoms with Gasteiger partial charge in [-0.15, -0.1) is 0 Å². The van der Waals surface area contributed by atoms with Crippen molar-refractivity contribution in [2.24, 2.45) is 0 Å². The number of esters is 1. The Morgan fingerprint density at radius 1 is 1.41 bits per heavy atom. The van der Waals surface area contributed by atoms with E-state index in [1.54, 1.807) is 18.2 Å². The van der Waals surface area contributed by atoms with Crippen LogP contribution in [-0.4, -0.2) is 24.0 Å². The molecule has 6 heteroatoms. The minimum absolute atomic E-state index is 0.191. The van der Waals surface area contributed by atoms with E-state index in [-0.39, 0.29) is 5.91 Å². The molecular weight excluding hydrogens is 240 g/mol. The molecule has 2 aromatic rings. The van der Waals surface area contributed by atoms with Crippen LogP contribution >= 0.6 is 11.3 Å². The second-order valence-electron chi connectivity index (χ2n) is 3.35.